The first kappa shape index (κ1) is 18.6. The van der Waals surface area contributed by atoms with Crippen molar-refractivity contribution in [1.29, 1.82) is 0 Å². The molecule has 1 aliphatic heterocycles. The average molecular weight is 401 g/mol. The molecular formula is C22H23N7O. The van der Waals surface area contributed by atoms with Gasteiger partial charge in [-0.05, 0) is 39.0 Å². The van der Waals surface area contributed by atoms with Crippen LogP contribution in [-0.4, -0.2) is 54.8 Å². The minimum Gasteiger partial charge on any atom is -0.372 e. The highest BCUT2D eigenvalue weighted by Gasteiger charge is 2.24. The average Bonchev–Trinajstić information content (AvgIpc) is 3.13. The maximum Gasteiger partial charge on any atom is 0.225 e. The van der Waals surface area contributed by atoms with Gasteiger partial charge in [0.15, 0.2) is 0 Å². The van der Waals surface area contributed by atoms with Gasteiger partial charge in [-0.3, -0.25) is 14.5 Å². The molecule has 4 aromatic rings. The monoisotopic (exact) mass is 401 g/mol. The number of hydrogen-bond acceptors (Lipinski definition) is 7. The smallest absolute Gasteiger partial charge is 0.225 e. The first-order valence-corrected chi connectivity index (χ1v) is 10.1. The Kier molecular flexibility index (Phi) is 4.63. The van der Waals surface area contributed by atoms with E-state index in [1.165, 1.54) is 0 Å². The summed E-state index contributed by atoms with van der Waals surface area (Å²) >= 11 is 0. The zero-order chi connectivity index (χ0) is 20.7. The number of ether oxygens (including phenoxy) is 1. The predicted octanol–water partition coefficient (Wildman–Crippen LogP) is 3.19. The minimum atomic E-state index is 0.155. The summed E-state index contributed by atoms with van der Waals surface area (Å²) in [4.78, 5) is 25.0. The number of nitrogens with zero attached hydrogens (tertiary/aromatic N) is 7. The molecule has 1 saturated heterocycles. The molecule has 2 atom stereocenters. The van der Waals surface area contributed by atoms with Crippen LogP contribution in [-0.2, 0) is 4.74 Å². The number of imidazole rings is 1. The lowest BCUT2D eigenvalue weighted by Crippen LogP contribution is -2.46. The number of pyridine rings is 2. The van der Waals surface area contributed by atoms with Crippen molar-refractivity contribution in [3.8, 4) is 17.1 Å². The highest BCUT2D eigenvalue weighted by atomic mass is 16.5. The summed E-state index contributed by atoms with van der Waals surface area (Å²) in [5, 5.41) is 0. The molecule has 0 saturated carbocycles. The summed E-state index contributed by atoms with van der Waals surface area (Å²) in [6, 6.07) is 5.93. The Morgan fingerprint density at radius 1 is 0.933 bits per heavy atom. The summed E-state index contributed by atoms with van der Waals surface area (Å²) in [6.07, 6.45) is 9.39. The van der Waals surface area contributed by atoms with Crippen LogP contribution in [0.25, 0.3) is 28.1 Å². The molecule has 0 amide bonds. The highest BCUT2D eigenvalue weighted by molar-refractivity contribution is 5.82. The van der Waals surface area contributed by atoms with Gasteiger partial charge < -0.3 is 9.64 Å². The van der Waals surface area contributed by atoms with Crippen LogP contribution >= 0.6 is 0 Å². The molecule has 0 radical (unpaired) electrons. The molecule has 5 heterocycles. The molecule has 1 aliphatic rings. The van der Waals surface area contributed by atoms with E-state index >= 15 is 0 Å². The minimum absolute atomic E-state index is 0.155. The van der Waals surface area contributed by atoms with E-state index in [1.807, 2.05) is 54.5 Å². The van der Waals surface area contributed by atoms with Gasteiger partial charge in [0.2, 0.25) is 5.95 Å². The van der Waals surface area contributed by atoms with Crippen LogP contribution in [0, 0.1) is 6.92 Å². The third kappa shape index (κ3) is 3.39. The van der Waals surface area contributed by atoms with E-state index in [4.69, 9.17) is 9.72 Å². The fourth-order valence-corrected chi connectivity index (χ4v) is 3.91. The standard InChI is InChI=1S/C22H23N7O/c1-14-4-5-18(10-24-14)29-20-11-23-7-6-19(20)27-21(29)17-8-25-22(26-9-17)28-12-15(2)30-16(3)13-28/h4-11,15-16H,12-13H2,1-3H3. The summed E-state index contributed by atoms with van der Waals surface area (Å²) in [5.74, 6) is 1.47. The molecule has 8 nitrogen and oxygen atoms in total. The van der Waals surface area contributed by atoms with E-state index in [0.717, 1.165) is 46.9 Å². The fraction of sp³-hybridized carbons (Fsp3) is 0.318. The Morgan fingerprint density at radius 2 is 1.70 bits per heavy atom. The number of anilines is 1. The maximum absolute atomic E-state index is 5.82. The second kappa shape index (κ2) is 7.46. The lowest BCUT2D eigenvalue weighted by Gasteiger charge is -2.35. The summed E-state index contributed by atoms with van der Waals surface area (Å²) < 4.78 is 7.86. The van der Waals surface area contributed by atoms with Crippen molar-refractivity contribution >= 4 is 17.0 Å². The van der Waals surface area contributed by atoms with Gasteiger partial charge in [-0.15, -0.1) is 0 Å². The van der Waals surface area contributed by atoms with Crippen LogP contribution < -0.4 is 4.90 Å². The summed E-state index contributed by atoms with van der Waals surface area (Å²) in [6.45, 7) is 7.68. The van der Waals surface area contributed by atoms with Crippen molar-refractivity contribution in [1.82, 2.24) is 29.5 Å². The molecular weight excluding hydrogens is 378 g/mol. The van der Waals surface area contributed by atoms with Crippen molar-refractivity contribution in [3.63, 3.8) is 0 Å². The van der Waals surface area contributed by atoms with Crippen LogP contribution in [0.2, 0.25) is 0 Å². The van der Waals surface area contributed by atoms with Crippen molar-refractivity contribution in [3.05, 3.63) is 54.9 Å². The van der Waals surface area contributed by atoms with Crippen molar-refractivity contribution in [2.75, 3.05) is 18.0 Å². The fourth-order valence-electron chi connectivity index (χ4n) is 3.91. The molecule has 0 bridgehead atoms. The number of hydrogen-bond donors (Lipinski definition) is 0. The normalized spacial score (nSPS) is 19.4. The van der Waals surface area contributed by atoms with Gasteiger partial charge in [-0.2, -0.15) is 0 Å². The molecule has 5 rings (SSSR count). The second-order valence-corrected chi connectivity index (χ2v) is 7.73. The molecule has 4 aromatic heterocycles. The molecule has 2 unspecified atom stereocenters. The number of aryl methyl sites for hydroxylation is 1. The first-order chi connectivity index (χ1) is 14.6. The summed E-state index contributed by atoms with van der Waals surface area (Å²) in [5.41, 5.74) is 4.50. The van der Waals surface area contributed by atoms with Crippen molar-refractivity contribution in [2.24, 2.45) is 0 Å². The molecule has 152 valence electrons. The maximum atomic E-state index is 5.82. The number of aromatic nitrogens is 6. The van der Waals surface area contributed by atoms with E-state index in [1.54, 1.807) is 6.20 Å². The van der Waals surface area contributed by atoms with Crippen LogP contribution in [0.4, 0.5) is 5.95 Å². The van der Waals surface area contributed by atoms with Crippen LogP contribution in [0.5, 0.6) is 0 Å². The zero-order valence-corrected chi connectivity index (χ0v) is 17.2. The Hall–Kier alpha value is -3.39. The third-order valence-electron chi connectivity index (χ3n) is 5.21. The largest absolute Gasteiger partial charge is 0.372 e. The Balaban J connectivity index is 1.56. The third-order valence-corrected chi connectivity index (χ3v) is 5.21. The Morgan fingerprint density at radius 3 is 2.40 bits per heavy atom. The topological polar surface area (TPSA) is 81.9 Å². The Labute approximate surface area is 174 Å². The van der Waals surface area contributed by atoms with Gasteiger partial charge in [0.1, 0.15) is 5.82 Å². The van der Waals surface area contributed by atoms with Crippen LogP contribution in [0.3, 0.4) is 0 Å². The zero-order valence-electron chi connectivity index (χ0n) is 17.2. The molecule has 0 N–H and O–H groups in total. The van der Waals surface area contributed by atoms with Gasteiger partial charge in [0.25, 0.3) is 0 Å². The van der Waals surface area contributed by atoms with E-state index in [9.17, 15) is 0 Å². The summed E-state index contributed by atoms with van der Waals surface area (Å²) in [7, 11) is 0. The van der Waals surface area contributed by atoms with Gasteiger partial charge in [-0.25, -0.2) is 15.0 Å². The van der Waals surface area contributed by atoms with Crippen LogP contribution in [0.15, 0.2) is 49.2 Å². The van der Waals surface area contributed by atoms with Gasteiger partial charge in [0, 0.05) is 37.4 Å². The van der Waals surface area contributed by atoms with Crippen molar-refractivity contribution < 1.29 is 4.74 Å². The number of fused-ring (bicyclic) bond motifs is 1. The predicted molar refractivity (Wildman–Crippen MR) is 115 cm³/mol. The van der Waals surface area contributed by atoms with Crippen LogP contribution in [0.1, 0.15) is 19.5 Å². The van der Waals surface area contributed by atoms with Gasteiger partial charge >= 0.3 is 0 Å². The molecule has 0 aromatic carbocycles. The molecule has 30 heavy (non-hydrogen) atoms. The Bertz CT molecular complexity index is 1160. The number of morpholine rings is 1. The first-order valence-electron chi connectivity index (χ1n) is 10.1. The molecule has 8 heteroatoms. The van der Waals surface area contributed by atoms with E-state index in [0.29, 0.717) is 5.95 Å². The lowest BCUT2D eigenvalue weighted by atomic mass is 10.2. The van der Waals surface area contributed by atoms with Crippen molar-refractivity contribution in [2.45, 2.75) is 33.0 Å². The SMILES string of the molecule is Cc1ccc(-n2c(-c3cnc(N4CC(C)OC(C)C4)nc3)nc3ccncc32)cn1. The molecule has 0 aliphatic carbocycles. The molecule has 1 fully saturated rings. The highest BCUT2D eigenvalue weighted by Crippen LogP contribution is 2.28. The van der Waals surface area contributed by atoms with E-state index < -0.39 is 0 Å². The van der Waals surface area contributed by atoms with E-state index in [2.05, 4.69) is 38.7 Å². The van der Waals surface area contributed by atoms with Gasteiger partial charge in [0.05, 0.1) is 46.9 Å². The van der Waals surface area contributed by atoms with Gasteiger partial charge in [-0.1, -0.05) is 0 Å². The second-order valence-electron chi connectivity index (χ2n) is 7.73. The lowest BCUT2D eigenvalue weighted by molar-refractivity contribution is -0.00571. The molecule has 0 spiro atoms. The quantitative estimate of drug-likeness (QED) is 0.521. The number of rotatable bonds is 3. The van der Waals surface area contributed by atoms with E-state index in [-0.39, 0.29) is 12.2 Å².